The van der Waals surface area contributed by atoms with Crippen molar-refractivity contribution in [2.75, 3.05) is 20.1 Å². The summed E-state index contributed by atoms with van der Waals surface area (Å²) in [4.78, 5) is 58.8. The van der Waals surface area contributed by atoms with Crippen molar-refractivity contribution in [1.29, 1.82) is 0 Å². The maximum absolute atomic E-state index is 12.6. The van der Waals surface area contributed by atoms with E-state index < -0.39 is 35.8 Å². The lowest BCUT2D eigenvalue weighted by Gasteiger charge is -2.21. The number of likely N-dealkylation sites (N-methyl/N-ethyl adjacent to an activating group) is 1. The zero-order valence-corrected chi connectivity index (χ0v) is 24.7. The monoisotopic (exact) mass is 570 g/mol. The molecule has 0 aliphatic rings. The summed E-state index contributed by atoms with van der Waals surface area (Å²) in [6.45, 7) is 3.25. The maximum atomic E-state index is 12.6. The predicted octanol–water partition coefficient (Wildman–Crippen LogP) is 3.50. The second kappa shape index (κ2) is 25.3. The van der Waals surface area contributed by atoms with Gasteiger partial charge in [0.2, 0.25) is 17.7 Å². The highest BCUT2D eigenvalue weighted by molar-refractivity contribution is 5.90. The molecule has 2 atom stereocenters. The smallest absolute Gasteiger partial charge is 0.303 e. The van der Waals surface area contributed by atoms with Gasteiger partial charge in [0.25, 0.3) is 0 Å². The highest BCUT2D eigenvalue weighted by Gasteiger charge is 2.25. The van der Waals surface area contributed by atoms with Crippen molar-refractivity contribution < 1.29 is 34.2 Å². The van der Waals surface area contributed by atoms with E-state index in [0.717, 1.165) is 38.5 Å². The first-order valence-corrected chi connectivity index (χ1v) is 15.2. The number of rotatable bonds is 27. The highest BCUT2D eigenvalue weighted by atomic mass is 16.4. The average molecular weight is 571 g/mol. The first-order chi connectivity index (χ1) is 19.2. The lowest BCUT2D eigenvalue weighted by atomic mass is 10.1. The molecule has 0 aliphatic heterocycles. The Balaban J connectivity index is 4.05. The van der Waals surface area contributed by atoms with Gasteiger partial charge in [0.1, 0.15) is 6.04 Å². The van der Waals surface area contributed by atoms with Crippen LogP contribution in [0.3, 0.4) is 0 Å². The van der Waals surface area contributed by atoms with Crippen LogP contribution < -0.4 is 21.3 Å². The maximum Gasteiger partial charge on any atom is 0.303 e. The van der Waals surface area contributed by atoms with E-state index in [-0.39, 0.29) is 31.6 Å². The molecule has 0 heterocycles. The molecule has 11 heteroatoms. The van der Waals surface area contributed by atoms with Crippen molar-refractivity contribution in [2.45, 2.75) is 135 Å². The van der Waals surface area contributed by atoms with Gasteiger partial charge in [-0.2, -0.15) is 0 Å². The number of nitrogens with one attached hydrogen (secondary N) is 4. The molecular weight excluding hydrogens is 516 g/mol. The van der Waals surface area contributed by atoms with Gasteiger partial charge < -0.3 is 31.5 Å². The van der Waals surface area contributed by atoms with E-state index in [9.17, 15) is 24.0 Å². The molecule has 0 bridgehead atoms. The third-order valence-corrected chi connectivity index (χ3v) is 6.82. The van der Waals surface area contributed by atoms with Crippen LogP contribution in [0, 0.1) is 0 Å². The van der Waals surface area contributed by atoms with Crippen molar-refractivity contribution >= 4 is 29.7 Å². The Labute approximate surface area is 240 Å². The molecule has 0 radical (unpaired) electrons. The number of unbranched alkanes of at least 4 members (excludes halogenated alkanes) is 11. The van der Waals surface area contributed by atoms with Crippen LogP contribution in [0.1, 0.15) is 122 Å². The van der Waals surface area contributed by atoms with Crippen molar-refractivity contribution in [1.82, 2.24) is 21.3 Å². The molecule has 0 aromatic rings. The molecule has 40 heavy (non-hydrogen) atoms. The zero-order chi connectivity index (χ0) is 30.0. The molecule has 0 aromatic carbocycles. The third kappa shape index (κ3) is 22.2. The van der Waals surface area contributed by atoms with E-state index in [1.807, 2.05) is 0 Å². The quantitative estimate of drug-likeness (QED) is 0.0814. The lowest BCUT2D eigenvalue weighted by Crippen LogP contribution is -2.52. The van der Waals surface area contributed by atoms with E-state index in [1.54, 1.807) is 0 Å². The van der Waals surface area contributed by atoms with Crippen molar-refractivity contribution in [3.63, 3.8) is 0 Å². The summed E-state index contributed by atoms with van der Waals surface area (Å²) in [5.41, 5.74) is 0. The van der Waals surface area contributed by atoms with E-state index >= 15 is 0 Å². The summed E-state index contributed by atoms with van der Waals surface area (Å²) in [6, 6.07) is -1.83. The van der Waals surface area contributed by atoms with Gasteiger partial charge >= 0.3 is 11.9 Å². The summed E-state index contributed by atoms with van der Waals surface area (Å²) in [6.07, 6.45) is 14.4. The van der Waals surface area contributed by atoms with Crippen molar-refractivity contribution in [3.8, 4) is 0 Å². The van der Waals surface area contributed by atoms with Gasteiger partial charge in [-0.1, -0.05) is 71.1 Å². The Bertz CT molecular complexity index is 733. The Morgan fingerprint density at radius 2 is 1.05 bits per heavy atom. The second-order valence-electron chi connectivity index (χ2n) is 10.4. The number of hydrogen-bond acceptors (Lipinski definition) is 6. The zero-order valence-electron chi connectivity index (χ0n) is 24.7. The number of carboxylic acid groups (broad SMARTS) is 2. The minimum atomic E-state index is -1.08. The number of carbonyl (C=O) groups is 5. The van der Waals surface area contributed by atoms with Crippen LogP contribution in [0.4, 0.5) is 0 Å². The summed E-state index contributed by atoms with van der Waals surface area (Å²) in [5.74, 6) is -3.03. The minimum Gasteiger partial charge on any atom is -0.481 e. The van der Waals surface area contributed by atoms with Crippen molar-refractivity contribution in [2.24, 2.45) is 0 Å². The summed E-state index contributed by atoms with van der Waals surface area (Å²) in [5, 5.41) is 28.8. The fraction of sp³-hybridized carbons (Fsp3) is 0.828. The SMILES string of the molecule is CCCCCCCCCCCC(=O)NCCCCCCNC(=O)C(CCC(=O)O)NC(=O)C(CCC(=O)O)NC. The van der Waals surface area contributed by atoms with E-state index in [1.165, 1.54) is 52.0 Å². The molecule has 0 aromatic heterocycles. The normalized spacial score (nSPS) is 12.3. The Hall–Kier alpha value is -2.69. The molecule has 3 amide bonds. The topological polar surface area (TPSA) is 174 Å². The van der Waals surface area contributed by atoms with Crippen LogP contribution in [-0.2, 0) is 24.0 Å². The fourth-order valence-electron chi connectivity index (χ4n) is 4.33. The Morgan fingerprint density at radius 1 is 0.575 bits per heavy atom. The fourth-order valence-corrected chi connectivity index (χ4v) is 4.33. The first-order valence-electron chi connectivity index (χ1n) is 15.2. The molecule has 11 nitrogen and oxygen atoms in total. The van der Waals surface area contributed by atoms with E-state index in [4.69, 9.17) is 10.2 Å². The van der Waals surface area contributed by atoms with Crippen molar-refractivity contribution in [3.05, 3.63) is 0 Å². The van der Waals surface area contributed by atoms with Crippen LogP contribution in [-0.4, -0.2) is 72.1 Å². The van der Waals surface area contributed by atoms with Gasteiger partial charge in [0.05, 0.1) is 6.04 Å². The molecular formula is C29H54N4O7. The van der Waals surface area contributed by atoms with Gasteiger partial charge in [0.15, 0.2) is 0 Å². The molecule has 0 fully saturated rings. The van der Waals surface area contributed by atoms with Gasteiger partial charge in [-0.15, -0.1) is 0 Å². The minimum absolute atomic E-state index is 0.0463. The molecule has 0 saturated heterocycles. The molecule has 0 saturated carbocycles. The number of amides is 3. The van der Waals surface area contributed by atoms with Gasteiger partial charge in [0, 0.05) is 32.4 Å². The summed E-state index contributed by atoms with van der Waals surface area (Å²) >= 11 is 0. The molecule has 0 rings (SSSR count). The number of carbonyl (C=O) groups excluding carboxylic acids is 3. The average Bonchev–Trinajstić information content (AvgIpc) is 2.91. The number of carboxylic acids is 2. The Morgan fingerprint density at radius 3 is 1.57 bits per heavy atom. The number of hydrogen-bond donors (Lipinski definition) is 6. The summed E-state index contributed by atoms with van der Waals surface area (Å²) < 4.78 is 0. The van der Waals surface area contributed by atoms with Gasteiger partial charge in [-0.05, 0) is 39.2 Å². The van der Waals surface area contributed by atoms with Gasteiger partial charge in [-0.25, -0.2) is 0 Å². The van der Waals surface area contributed by atoms with Crippen LogP contribution in [0.25, 0.3) is 0 Å². The second-order valence-corrected chi connectivity index (χ2v) is 10.4. The number of aliphatic carboxylic acids is 2. The van der Waals surface area contributed by atoms with E-state index in [2.05, 4.69) is 28.2 Å². The molecule has 6 N–H and O–H groups in total. The standard InChI is InChI=1S/C29H54N4O7/c1-3-4-5-6-7-8-9-10-13-16-25(34)31-21-14-11-12-15-22-32-28(39)24(18-20-27(37)38)33-29(40)23(30-2)17-19-26(35)36/h23-24,30H,3-22H2,1-2H3,(H,31,34)(H,32,39)(H,33,40)(H,35,36)(H,37,38). The molecule has 2 unspecified atom stereocenters. The van der Waals surface area contributed by atoms with Crippen LogP contribution >= 0.6 is 0 Å². The van der Waals surface area contributed by atoms with Crippen LogP contribution in [0.5, 0.6) is 0 Å². The van der Waals surface area contributed by atoms with Crippen LogP contribution in [0.15, 0.2) is 0 Å². The van der Waals surface area contributed by atoms with E-state index in [0.29, 0.717) is 19.5 Å². The lowest BCUT2D eigenvalue weighted by molar-refractivity contribution is -0.139. The highest BCUT2D eigenvalue weighted by Crippen LogP contribution is 2.10. The molecule has 0 spiro atoms. The molecule has 0 aliphatic carbocycles. The Kier molecular flexibility index (Phi) is 23.6. The third-order valence-electron chi connectivity index (χ3n) is 6.82. The first kappa shape index (κ1) is 37.3. The van der Waals surface area contributed by atoms with Gasteiger partial charge in [-0.3, -0.25) is 24.0 Å². The largest absolute Gasteiger partial charge is 0.481 e. The predicted molar refractivity (Wildman–Crippen MR) is 155 cm³/mol. The van der Waals surface area contributed by atoms with Crippen LogP contribution in [0.2, 0.25) is 0 Å². The molecule has 232 valence electrons. The summed E-state index contributed by atoms with van der Waals surface area (Å²) in [7, 11) is 1.52.